The summed E-state index contributed by atoms with van der Waals surface area (Å²) in [5, 5.41) is 20.6. The summed E-state index contributed by atoms with van der Waals surface area (Å²) in [5.41, 5.74) is 1.43. The predicted octanol–water partition coefficient (Wildman–Crippen LogP) is 0.189. The number of carbonyl (C=O) groups excluding carboxylic acids is 1. The lowest BCUT2D eigenvalue weighted by Crippen LogP contribution is -2.47. The van der Waals surface area contributed by atoms with Gasteiger partial charge in [-0.25, -0.2) is 14.6 Å². The van der Waals surface area contributed by atoms with Gasteiger partial charge >= 0.3 is 12.0 Å². The second-order valence-electron chi connectivity index (χ2n) is 4.54. The van der Waals surface area contributed by atoms with Crippen molar-refractivity contribution >= 4 is 12.0 Å². The second-order valence-corrected chi connectivity index (χ2v) is 4.54. The molecule has 2 aromatic heterocycles. The summed E-state index contributed by atoms with van der Waals surface area (Å²) in [6.07, 6.45) is 6.34. The molecule has 9 nitrogen and oxygen atoms in total. The van der Waals surface area contributed by atoms with Gasteiger partial charge in [0.05, 0.1) is 18.6 Å². The van der Waals surface area contributed by atoms with Crippen LogP contribution in [0, 0.1) is 0 Å². The Morgan fingerprint density at radius 1 is 1.38 bits per heavy atom. The average Bonchev–Trinajstić information content (AvgIpc) is 3.10. The highest BCUT2D eigenvalue weighted by molar-refractivity contribution is 5.82. The molecule has 0 spiro atoms. The largest absolute Gasteiger partial charge is 0.480 e. The van der Waals surface area contributed by atoms with E-state index in [4.69, 9.17) is 5.11 Å². The molecule has 2 aromatic rings. The van der Waals surface area contributed by atoms with E-state index < -0.39 is 18.0 Å². The first-order valence-electron chi connectivity index (χ1n) is 6.32. The number of aromatic amines is 2. The van der Waals surface area contributed by atoms with Gasteiger partial charge in [-0.3, -0.25) is 5.10 Å². The van der Waals surface area contributed by atoms with Crippen LogP contribution in [-0.4, -0.2) is 43.3 Å². The number of nitrogens with zero attached hydrogens (tertiary/aromatic N) is 2. The molecule has 21 heavy (non-hydrogen) atoms. The lowest BCUT2D eigenvalue weighted by molar-refractivity contribution is -0.139. The second kappa shape index (κ2) is 6.55. The van der Waals surface area contributed by atoms with Crippen LogP contribution in [-0.2, 0) is 11.2 Å². The molecule has 0 saturated heterocycles. The van der Waals surface area contributed by atoms with Gasteiger partial charge < -0.3 is 20.7 Å². The third-order valence-corrected chi connectivity index (χ3v) is 2.95. The van der Waals surface area contributed by atoms with Gasteiger partial charge in [-0.15, -0.1) is 0 Å². The summed E-state index contributed by atoms with van der Waals surface area (Å²) in [4.78, 5) is 29.6. The molecule has 0 fully saturated rings. The average molecular weight is 292 g/mol. The molecule has 2 rings (SSSR count). The van der Waals surface area contributed by atoms with Gasteiger partial charge in [0, 0.05) is 30.1 Å². The minimum atomic E-state index is -1.12. The molecule has 5 N–H and O–H groups in total. The van der Waals surface area contributed by atoms with Gasteiger partial charge in [-0.2, -0.15) is 5.10 Å². The Labute approximate surface area is 120 Å². The van der Waals surface area contributed by atoms with Gasteiger partial charge in [0.15, 0.2) is 0 Å². The number of carbonyl (C=O) groups is 2. The Kier molecular flexibility index (Phi) is 4.54. The van der Waals surface area contributed by atoms with Gasteiger partial charge in [-0.1, -0.05) is 0 Å². The highest BCUT2D eigenvalue weighted by Gasteiger charge is 2.22. The molecule has 0 aromatic carbocycles. The van der Waals surface area contributed by atoms with Crippen LogP contribution in [0.5, 0.6) is 0 Å². The molecule has 0 bridgehead atoms. The molecule has 0 saturated carbocycles. The van der Waals surface area contributed by atoms with Crippen LogP contribution in [0.4, 0.5) is 4.79 Å². The minimum Gasteiger partial charge on any atom is -0.480 e. The van der Waals surface area contributed by atoms with Crippen LogP contribution in [0.15, 0.2) is 24.9 Å². The molecule has 112 valence electrons. The summed E-state index contributed by atoms with van der Waals surface area (Å²) < 4.78 is 0. The number of carboxylic acid groups (broad SMARTS) is 1. The monoisotopic (exact) mass is 292 g/mol. The highest BCUT2D eigenvalue weighted by Crippen LogP contribution is 2.08. The summed E-state index contributed by atoms with van der Waals surface area (Å²) in [6.45, 7) is 1.77. The summed E-state index contributed by atoms with van der Waals surface area (Å²) in [6, 6.07) is -1.89. The third kappa shape index (κ3) is 4.06. The van der Waals surface area contributed by atoms with Crippen molar-refractivity contribution in [1.82, 2.24) is 30.8 Å². The van der Waals surface area contributed by atoms with Gasteiger partial charge in [0.2, 0.25) is 0 Å². The third-order valence-electron chi connectivity index (χ3n) is 2.95. The van der Waals surface area contributed by atoms with Crippen molar-refractivity contribution in [3.05, 3.63) is 36.2 Å². The summed E-state index contributed by atoms with van der Waals surface area (Å²) in [7, 11) is 0. The zero-order valence-corrected chi connectivity index (χ0v) is 11.3. The van der Waals surface area contributed by atoms with Crippen LogP contribution in [0.1, 0.15) is 24.2 Å². The maximum Gasteiger partial charge on any atom is 0.326 e. The lowest BCUT2D eigenvalue weighted by Gasteiger charge is -2.17. The Hall–Kier alpha value is -2.84. The Balaban J connectivity index is 1.90. The van der Waals surface area contributed by atoms with E-state index in [2.05, 4.69) is 30.8 Å². The first-order chi connectivity index (χ1) is 10.1. The zero-order valence-electron chi connectivity index (χ0n) is 11.3. The van der Waals surface area contributed by atoms with E-state index >= 15 is 0 Å². The van der Waals surface area contributed by atoms with Gasteiger partial charge in [-0.05, 0) is 6.92 Å². The summed E-state index contributed by atoms with van der Waals surface area (Å²) >= 11 is 0. The number of imidazole rings is 1. The van der Waals surface area contributed by atoms with Crippen LogP contribution in [0.3, 0.4) is 0 Å². The van der Waals surface area contributed by atoms with Gasteiger partial charge in [0.1, 0.15) is 6.04 Å². The topological polar surface area (TPSA) is 136 Å². The standard InChI is InChI=1S/C12H16N6O3/c1-7(8-3-15-16-4-8)17-12(21)18-10(11(19)20)2-9-5-13-6-14-9/h3-7,10H,2H2,1H3,(H,13,14)(H,15,16)(H,19,20)(H2,17,18,21)/t7?,10-/m1/s1. The highest BCUT2D eigenvalue weighted by atomic mass is 16.4. The molecule has 2 heterocycles. The fourth-order valence-corrected chi connectivity index (χ4v) is 1.79. The van der Waals surface area contributed by atoms with Crippen molar-refractivity contribution in [2.45, 2.75) is 25.4 Å². The molecule has 2 atom stereocenters. The quantitative estimate of drug-likeness (QED) is 0.517. The SMILES string of the molecule is CC(NC(=O)N[C@H](Cc1cnc[nH]1)C(=O)O)c1cn[nH]c1. The van der Waals surface area contributed by atoms with E-state index in [-0.39, 0.29) is 12.5 Å². The lowest BCUT2D eigenvalue weighted by atomic mass is 10.1. The van der Waals surface area contributed by atoms with Crippen LogP contribution < -0.4 is 10.6 Å². The molecular formula is C12H16N6O3. The number of H-pyrrole nitrogens is 2. The summed E-state index contributed by atoms with van der Waals surface area (Å²) in [5.74, 6) is -1.12. The number of aromatic nitrogens is 4. The van der Waals surface area contributed by atoms with Crippen LogP contribution in [0.25, 0.3) is 0 Å². The molecule has 9 heteroatoms. The zero-order chi connectivity index (χ0) is 15.2. The number of nitrogens with one attached hydrogen (secondary N) is 4. The van der Waals surface area contributed by atoms with Gasteiger partial charge in [0.25, 0.3) is 0 Å². The van der Waals surface area contributed by atoms with Crippen LogP contribution >= 0.6 is 0 Å². The molecule has 0 aliphatic heterocycles. The number of amides is 2. The Morgan fingerprint density at radius 2 is 2.19 bits per heavy atom. The smallest absolute Gasteiger partial charge is 0.326 e. The van der Waals surface area contributed by atoms with Crippen molar-refractivity contribution in [3.8, 4) is 0 Å². The normalized spacial score (nSPS) is 13.4. The van der Waals surface area contributed by atoms with Crippen molar-refractivity contribution in [2.24, 2.45) is 0 Å². The Morgan fingerprint density at radius 3 is 2.76 bits per heavy atom. The van der Waals surface area contributed by atoms with Crippen LogP contribution in [0.2, 0.25) is 0 Å². The van der Waals surface area contributed by atoms with E-state index in [1.807, 2.05) is 0 Å². The number of rotatable bonds is 6. The fraction of sp³-hybridized carbons (Fsp3) is 0.333. The number of aliphatic carboxylic acids is 1. The molecule has 0 aliphatic rings. The van der Waals surface area contributed by atoms with Crippen molar-refractivity contribution in [2.75, 3.05) is 0 Å². The van der Waals surface area contributed by atoms with E-state index in [1.165, 1.54) is 12.5 Å². The molecular weight excluding hydrogens is 276 g/mol. The van der Waals surface area contributed by atoms with Crippen molar-refractivity contribution in [1.29, 1.82) is 0 Å². The fourth-order valence-electron chi connectivity index (χ4n) is 1.79. The molecule has 2 amide bonds. The number of carboxylic acids is 1. The first kappa shape index (κ1) is 14.6. The molecule has 0 aliphatic carbocycles. The number of hydrogen-bond donors (Lipinski definition) is 5. The maximum absolute atomic E-state index is 11.9. The number of urea groups is 1. The van der Waals surface area contributed by atoms with Crippen molar-refractivity contribution < 1.29 is 14.7 Å². The maximum atomic E-state index is 11.9. The van der Waals surface area contributed by atoms with Crippen molar-refractivity contribution in [3.63, 3.8) is 0 Å². The van der Waals surface area contributed by atoms with E-state index in [9.17, 15) is 9.59 Å². The van der Waals surface area contributed by atoms with E-state index in [0.717, 1.165) is 5.56 Å². The molecule has 0 radical (unpaired) electrons. The first-order valence-corrected chi connectivity index (χ1v) is 6.32. The predicted molar refractivity (Wildman–Crippen MR) is 72.4 cm³/mol. The minimum absolute atomic E-state index is 0.128. The molecule has 1 unspecified atom stereocenters. The Bertz CT molecular complexity index is 580. The van der Waals surface area contributed by atoms with E-state index in [0.29, 0.717) is 5.69 Å². The number of hydrogen-bond acceptors (Lipinski definition) is 4. The van der Waals surface area contributed by atoms with E-state index in [1.54, 1.807) is 19.3 Å².